The summed E-state index contributed by atoms with van der Waals surface area (Å²) in [5.74, 6) is 0.648. The molecule has 1 spiro atoms. The largest absolute Gasteiger partial charge is 0.264 e. The molecule has 7 aromatic carbocycles. The first-order valence-corrected chi connectivity index (χ1v) is 19.1. The third kappa shape index (κ3) is 5.10. The summed E-state index contributed by atoms with van der Waals surface area (Å²) in [7, 11) is 0. The molecule has 0 radical (unpaired) electrons. The van der Waals surface area contributed by atoms with Crippen molar-refractivity contribution in [2.75, 3.05) is 0 Å². The summed E-state index contributed by atoms with van der Waals surface area (Å²) >= 11 is 0. The second-order valence-electron chi connectivity index (χ2n) is 14.7. The average molecular weight is 725 g/mol. The molecule has 0 N–H and O–H groups in total. The van der Waals surface area contributed by atoms with Crippen LogP contribution in [0, 0.1) is 11.3 Å². The number of hydrogen-bond acceptors (Lipinski definition) is 4. The van der Waals surface area contributed by atoms with E-state index in [9.17, 15) is 5.26 Å². The molecular weight excluding hydrogens is 693 g/mol. The van der Waals surface area contributed by atoms with Crippen molar-refractivity contribution >= 4 is 0 Å². The zero-order chi connectivity index (χ0) is 37.9. The summed E-state index contributed by atoms with van der Waals surface area (Å²) in [6.45, 7) is 0. The van der Waals surface area contributed by atoms with Gasteiger partial charge in [0.05, 0.1) is 28.4 Å². The number of aromatic nitrogens is 3. The molecular formula is C53H32N4. The highest BCUT2D eigenvalue weighted by atomic mass is 14.9. The van der Waals surface area contributed by atoms with E-state index in [0.717, 1.165) is 61.5 Å². The summed E-state index contributed by atoms with van der Waals surface area (Å²) in [5, 5.41) is 10.1. The zero-order valence-corrected chi connectivity index (χ0v) is 30.8. The summed E-state index contributed by atoms with van der Waals surface area (Å²) in [6, 6.07) is 66.4. The standard InChI is InChI=1S/C53H32N4/c54-32-34-21-23-44-45-24-22-37(30-49(45)53(48(44)26-34)46-19-9-7-17-42(46)43-18-8-10-20-47(43)53)39-27-40(38-16-11-25-55-33-38)29-41(28-39)52-56-50(35-12-3-1-4-13-35)31-51(57-52)36-14-5-2-6-15-36/h1-31,33H. The molecule has 0 amide bonds. The molecule has 0 bridgehead atoms. The smallest absolute Gasteiger partial charge is 0.160 e. The molecule has 4 heteroatoms. The Hall–Kier alpha value is -7.74. The maximum Gasteiger partial charge on any atom is 0.160 e. The van der Waals surface area contributed by atoms with Crippen LogP contribution in [0.2, 0.25) is 0 Å². The van der Waals surface area contributed by atoms with E-state index in [4.69, 9.17) is 9.97 Å². The summed E-state index contributed by atoms with van der Waals surface area (Å²) in [4.78, 5) is 14.9. The molecule has 0 fully saturated rings. The van der Waals surface area contributed by atoms with E-state index in [1.54, 1.807) is 6.20 Å². The lowest BCUT2D eigenvalue weighted by molar-refractivity contribution is 0.793. The molecule has 264 valence electrons. The maximum atomic E-state index is 10.1. The molecule has 57 heavy (non-hydrogen) atoms. The van der Waals surface area contributed by atoms with Crippen LogP contribution in [-0.2, 0) is 5.41 Å². The van der Waals surface area contributed by atoms with Gasteiger partial charge in [-0.3, -0.25) is 4.98 Å². The van der Waals surface area contributed by atoms with Gasteiger partial charge in [0.2, 0.25) is 0 Å². The Morgan fingerprint density at radius 1 is 0.386 bits per heavy atom. The van der Waals surface area contributed by atoms with Crippen molar-refractivity contribution in [2.24, 2.45) is 0 Å². The van der Waals surface area contributed by atoms with Crippen LogP contribution in [0.25, 0.3) is 78.4 Å². The minimum atomic E-state index is -0.581. The van der Waals surface area contributed by atoms with Crippen LogP contribution in [0.5, 0.6) is 0 Å². The molecule has 2 heterocycles. The van der Waals surface area contributed by atoms with Crippen molar-refractivity contribution in [3.05, 3.63) is 222 Å². The molecule has 0 aliphatic heterocycles. The molecule has 9 aromatic rings. The van der Waals surface area contributed by atoms with E-state index in [2.05, 4.69) is 145 Å². The summed E-state index contributed by atoms with van der Waals surface area (Å²) in [6.07, 6.45) is 3.71. The quantitative estimate of drug-likeness (QED) is 0.177. The van der Waals surface area contributed by atoms with E-state index >= 15 is 0 Å². The Labute approximate surface area is 331 Å². The summed E-state index contributed by atoms with van der Waals surface area (Å²) in [5.41, 5.74) is 18.6. The zero-order valence-electron chi connectivity index (χ0n) is 30.8. The molecule has 2 aromatic heterocycles. The highest BCUT2D eigenvalue weighted by Crippen LogP contribution is 2.63. The number of hydrogen-bond donors (Lipinski definition) is 0. The van der Waals surface area contributed by atoms with E-state index in [1.807, 2.05) is 54.7 Å². The molecule has 0 unspecified atom stereocenters. The fourth-order valence-corrected chi connectivity index (χ4v) is 9.10. The highest BCUT2D eigenvalue weighted by molar-refractivity contribution is 5.96. The third-order valence-corrected chi connectivity index (χ3v) is 11.6. The molecule has 11 rings (SSSR count). The normalized spacial score (nSPS) is 12.7. The molecule has 0 saturated heterocycles. The van der Waals surface area contributed by atoms with Crippen molar-refractivity contribution in [1.82, 2.24) is 15.0 Å². The van der Waals surface area contributed by atoms with Gasteiger partial charge in [-0.05, 0) is 110 Å². The first-order chi connectivity index (χ1) is 28.2. The van der Waals surface area contributed by atoms with Crippen molar-refractivity contribution in [1.29, 1.82) is 5.26 Å². The Balaban J connectivity index is 1.16. The predicted molar refractivity (Wildman–Crippen MR) is 228 cm³/mol. The lowest BCUT2D eigenvalue weighted by Crippen LogP contribution is -2.26. The predicted octanol–water partition coefficient (Wildman–Crippen LogP) is 12.4. The van der Waals surface area contributed by atoms with Gasteiger partial charge in [0.1, 0.15) is 0 Å². The molecule has 2 aliphatic rings. The van der Waals surface area contributed by atoms with E-state index < -0.39 is 5.41 Å². The van der Waals surface area contributed by atoms with Gasteiger partial charge >= 0.3 is 0 Å². The Morgan fingerprint density at radius 2 is 0.912 bits per heavy atom. The Morgan fingerprint density at radius 3 is 1.53 bits per heavy atom. The van der Waals surface area contributed by atoms with Gasteiger partial charge in [0.15, 0.2) is 5.82 Å². The number of benzene rings is 7. The number of nitrogens with zero attached hydrogens (tertiary/aromatic N) is 4. The number of nitriles is 1. The molecule has 0 atom stereocenters. The third-order valence-electron chi connectivity index (χ3n) is 11.6. The van der Waals surface area contributed by atoms with Gasteiger partial charge in [-0.25, -0.2) is 9.97 Å². The van der Waals surface area contributed by atoms with Crippen LogP contribution in [0.3, 0.4) is 0 Å². The van der Waals surface area contributed by atoms with Crippen molar-refractivity contribution in [2.45, 2.75) is 5.41 Å². The second kappa shape index (κ2) is 12.9. The van der Waals surface area contributed by atoms with Crippen molar-refractivity contribution in [3.63, 3.8) is 0 Å². The molecule has 4 nitrogen and oxygen atoms in total. The van der Waals surface area contributed by atoms with Gasteiger partial charge < -0.3 is 0 Å². The average Bonchev–Trinajstić information content (AvgIpc) is 3.76. The first-order valence-electron chi connectivity index (χ1n) is 19.1. The number of pyridine rings is 1. The van der Waals surface area contributed by atoms with Gasteiger partial charge in [0, 0.05) is 34.6 Å². The Bertz CT molecular complexity index is 2970. The van der Waals surface area contributed by atoms with Crippen LogP contribution in [0.15, 0.2) is 194 Å². The van der Waals surface area contributed by atoms with Gasteiger partial charge in [-0.2, -0.15) is 5.26 Å². The van der Waals surface area contributed by atoms with Crippen LogP contribution < -0.4 is 0 Å². The minimum Gasteiger partial charge on any atom is -0.264 e. The number of fused-ring (bicyclic) bond motifs is 10. The van der Waals surface area contributed by atoms with E-state index in [0.29, 0.717) is 11.4 Å². The van der Waals surface area contributed by atoms with Crippen LogP contribution >= 0.6 is 0 Å². The molecule has 2 aliphatic carbocycles. The summed E-state index contributed by atoms with van der Waals surface area (Å²) < 4.78 is 0. The van der Waals surface area contributed by atoms with E-state index in [1.165, 1.54) is 33.4 Å². The lowest BCUT2D eigenvalue weighted by atomic mass is 9.70. The van der Waals surface area contributed by atoms with Gasteiger partial charge in [-0.15, -0.1) is 0 Å². The SMILES string of the molecule is N#Cc1ccc2c(c1)C1(c3ccccc3-c3ccccc31)c1cc(-c3cc(-c4cccnc4)cc(-c4nc(-c5ccccc5)cc(-c5ccccc5)n4)c3)ccc1-2. The minimum absolute atomic E-state index is 0.581. The number of rotatable bonds is 5. The van der Waals surface area contributed by atoms with Crippen LogP contribution in [0.4, 0.5) is 0 Å². The van der Waals surface area contributed by atoms with Crippen LogP contribution in [0.1, 0.15) is 27.8 Å². The van der Waals surface area contributed by atoms with E-state index in [-0.39, 0.29) is 0 Å². The van der Waals surface area contributed by atoms with Gasteiger partial charge in [0.25, 0.3) is 0 Å². The fourth-order valence-electron chi connectivity index (χ4n) is 9.10. The fraction of sp³-hybridized carbons (Fsp3) is 0.0189. The van der Waals surface area contributed by atoms with Crippen molar-refractivity contribution in [3.8, 4) is 84.5 Å². The van der Waals surface area contributed by atoms with Gasteiger partial charge in [-0.1, -0.05) is 133 Å². The topological polar surface area (TPSA) is 62.5 Å². The van der Waals surface area contributed by atoms with Crippen molar-refractivity contribution < 1.29 is 0 Å². The second-order valence-corrected chi connectivity index (χ2v) is 14.7. The maximum absolute atomic E-state index is 10.1. The molecule has 0 saturated carbocycles. The lowest BCUT2D eigenvalue weighted by Gasteiger charge is -2.30. The highest BCUT2D eigenvalue weighted by Gasteiger charge is 2.51. The monoisotopic (exact) mass is 724 g/mol. The Kier molecular flexibility index (Phi) is 7.42. The van der Waals surface area contributed by atoms with Crippen LogP contribution in [-0.4, -0.2) is 15.0 Å². The first kappa shape index (κ1) is 32.7.